The highest BCUT2D eigenvalue weighted by Gasteiger charge is 2.19. The molecule has 2 nitrogen and oxygen atoms in total. The molecule has 104 valence electrons. The first kappa shape index (κ1) is 15.6. The molecule has 1 aliphatic rings. The number of hydrogen-bond acceptors (Lipinski definition) is 3. The van der Waals surface area contributed by atoms with Gasteiger partial charge in [0.2, 0.25) is 0 Å². The third-order valence-electron chi connectivity index (χ3n) is 3.05. The Labute approximate surface area is 117 Å². The fraction of sp³-hybridized carbons (Fsp3) is 0.800. The maximum absolute atomic E-state index is 4.49. The molecule has 1 aliphatic heterocycles. The van der Waals surface area contributed by atoms with E-state index in [2.05, 4.69) is 50.7 Å². The Morgan fingerprint density at radius 3 is 2.72 bits per heavy atom. The highest BCUT2D eigenvalue weighted by molar-refractivity contribution is 8.03. The van der Waals surface area contributed by atoms with Gasteiger partial charge in [-0.15, -0.1) is 11.8 Å². The molecular weight excluding hydrogens is 240 g/mol. The Kier molecular flexibility index (Phi) is 6.83. The van der Waals surface area contributed by atoms with Crippen molar-refractivity contribution in [2.75, 3.05) is 18.8 Å². The van der Waals surface area contributed by atoms with Crippen LogP contribution in [0, 0.1) is 5.92 Å². The van der Waals surface area contributed by atoms with E-state index in [4.69, 9.17) is 0 Å². The summed E-state index contributed by atoms with van der Waals surface area (Å²) in [5, 5.41) is 1.51. The van der Waals surface area contributed by atoms with Crippen LogP contribution in [0.2, 0.25) is 0 Å². The second-order valence-electron chi connectivity index (χ2n) is 5.62. The molecule has 0 saturated carbocycles. The van der Waals surface area contributed by atoms with Gasteiger partial charge in [0.25, 0.3) is 0 Å². The Morgan fingerprint density at radius 2 is 2.11 bits per heavy atom. The zero-order valence-corrected chi connectivity index (χ0v) is 13.4. The molecule has 0 atom stereocenters. The minimum absolute atomic E-state index is 0.564. The van der Waals surface area contributed by atoms with Crippen molar-refractivity contribution in [1.29, 1.82) is 0 Å². The molecule has 1 fully saturated rings. The molecule has 1 saturated heterocycles. The van der Waals surface area contributed by atoms with E-state index in [0.717, 1.165) is 13.0 Å². The Bertz CT molecular complexity index is 306. The summed E-state index contributed by atoms with van der Waals surface area (Å²) >= 11 is 2.03. The second-order valence-corrected chi connectivity index (χ2v) is 6.71. The lowest BCUT2D eigenvalue weighted by molar-refractivity contribution is 0.295. The predicted molar refractivity (Wildman–Crippen MR) is 84.4 cm³/mol. The Morgan fingerprint density at radius 1 is 1.39 bits per heavy atom. The molecule has 0 aromatic heterocycles. The van der Waals surface area contributed by atoms with Crippen LogP contribution < -0.4 is 0 Å². The Hall–Kier alpha value is -0.440. The SMILES string of the molecule is C/C(CCN=CC(C)C)=C1\SCCCN1C(C)C. The van der Waals surface area contributed by atoms with E-state index in [0.29, 0.717) is 12.0 Å². The van der Waals surface area contributed by atoms with Crippen LogP contribution >= 0.6 is 11.8 Å². The lowest BCUT2D eigenvalue weighted by Crippen LogP contribution is -2.33. The molecule has 0 amide bonds. The van der Waals surface area contributed by atoms with Gasteiger partial charge in [-0.05, 0) is 45.1 Å². The molecule has 0 unspecified atom stereocenters. The van der Waals surface area contributed by atoms with Crippen molar-refractivity contribution in [3.05, 3.63) is 10.6 Å². The number of aliphatic imine (C=N–C) groups is 1. The average Bonchev–Trinajstić information content (AvgIpc) is 2.34. The van der Waals surface area contributed by atoms with Gasteiger partial charge in [-0.1, -0.05) is 13.8 Å². The number of rotatable bonds is 5. The fourth-order valence-corrected chi connectivity index (χ4v) is 3.36. The van der Waals surface area contributed by atoms with E-state index in [-0.39, 0.29) is 0 Å². The molecule has 1 heterocycles. The lowest BCUT2D eigenvalue weighted by Gasteiger charge is -2.36. The molecule has 0 aliphatic carbocycles. The van der Waals surface area contributed by atoms with Crippen molar-refractivity contribution in [3.63, 3.8) is 0 Å². The summed E-state index contributed by atoms with van der Waals surface area (Å²) in [7, 11) is 0. The van der Waals surface area contributed by atoms with Crippen molar-refractivity contribution < 1.29 is 0 Å². The van der Waals surface area contributed by atoms with Crippen LogP contribution in [0.15, 0.2) is 15.6 Å². The molecule has 0 bridgehead atoms. The highest BCUT2D eigenvalue weighted by Crippen LogP contribution is 2.32. The fourth-order valence-electron chi connectivity index (χ4n) is 2.07. The molecule has 0 N–H and O–H groups in total. The van der Waals surface area contributed by atoms with Gasteiger partial charge in [0.1, 0.15) is 0 Å². The maximum atomic E-state index is 4.49. The molecule has 0 aromatic rings. The zero-order chi connectivity index (χ0) is 13.5. The molecule has 1 rings (SSSR count). The van der Waals surface area contributed by atoms with Crippen molar-refractivity contribution in [2.45, 2.75) is 53.5 Å². The van der Waals surface area contributed by atoms with Crippen molar-refractivity contribution in [3.8, 4) is 0 Å². The predicted octanol–water partition coefficient (Wildman–Crippen LogP) is 4.18. The quantitative estimate of drug-likeness (QED) is 0.695. The van der Waals surface area contributed by atoms with Gasteiger partial charge < -0.3 is 4.90 Å². The first-order valence-corrected chi connectivity index (χ1v) is 8.10. The summed E-state index contributed by atoms with van der Waals surface area (Å²) in [5.41, 5.74) is 1.51. The van der Waals surface area contributed by atoms with Gasteiger partial charge in [0.15, 0.2) is 0 Å². The molecule has 0 radical (unpaired) electrons. The van der Waals surface area contributed by atoms with Crippen LogP contribution in [-0.2, 0) is 0 Å². The van der Waals surface area contributed by atoms with E-state index >= 15 is 0 Å². The first-order valence-electron chi connectivity index (χ1n) is 7.11. The molecule has 18 heavy (non-hydrogen) atoms. The molecule has 3 heteroatoms. The van der Waals surface area contributed by atoms with Gasteiger partial charge in [0, 0.05) is 31.1 Å². The maximum Gasteiger partial charge on any atom is 0.0699 e. The first-order chi connectivity index (χ1) is 8.52. The number of hydrogen-bond donors (Lipinski definition) is 0. The minimum atomic E-state index is 0.564. The molecular formula is C15H28N2S. The third-order valence-corrected chi connectivity index (χ3v) is 4.40. The van der Waals surface area contributed by atoms with E-state index in [1.807, 2.05) is 11.8 Å². The summed E-state index contributed by atoms with van der Waals surface area (Å²) in [6, 6.07) is 0.613. The smallest absolute Gasteiger partial charge is 0.0699 e. The normalized spacial score (nSPS) is 20.3. The number of nitrogens with zero attached hydrogens (tertiary/aromatic N) is 2. The van der Waals surface area contributed by atoms with Crippen molar-refractivity contribution in [1.82, 2.24) is 4.90 Å². The summed E-state index contributed by atoms with van der Waals surface area (Å²) in [6.45, 7) is 13.3. The topological polar surface area (TPSA) is 15.6 Å². The monoisotopic (exact) mass is 268 g/mol. The van der Waals surface area contributed by atoms with Crippen molar-refractivity contribution >= 4 is 18.0 Å². The standard InChI is InChI=1S/C15H28N2S/c1-12(2)11-16-8-7-14(5)15-17(13(3)4)9-6-10-18-15/h11-13H,6-10H2,1-5H3/b15-14+,16-11?. The Balaban J connectivity index is 2.58. The zero-order valence-electron chi connectivity index (χ0n) is 12.6. The van der Waals surface area contributed by atoms with E-state index in [9.17, 15) is 0 Å². The lowest BCUT2D eigenvalue weighted by atomic mass is 10.2. The van der Waals surface area contributed by atoms with Crippen molar-refractivity contribution in [2.24, 2.45) is 10.9 Å². The molecule has 0 spiro atoms. The van der Waals surface area contributed by atoms with Gasteiger partial charge in [-0.25, -0.2) is 0 Å². The van der Waals surface area contributed by atoms with E-state index in [1.54, 1.807) is 0 Å². The van der Waals surface area contributed by atoms with Crippen LogP contribution in [0.1, 0.15) is 47.5 Å². The van der Waals surface area contributed by atoms with E-state index in [1.165, 1.54) is 29.3 Å². The summed E-state index contributed by atoms with van der Waals surface area (Å²) in [5.74, 6) is 1.83. The number of thioether (sulfide) groups is 1. The van der Waals surface area contributed by atoms with Crippen LogP contribution in [0.5, 0.6) is 0 Å². The van der Waals surface area contributed by atoms with Crippen LogP contribution in [-0.4, -0.2) is 36.0 Å². The van der Waals surface area contributed by atoms with Gasteiger partial charge >= 0.3 is 0 Å². The van der Waals surface area contributed by atoms with Crippen LogP contribution in [0.3, 0.4) is 0 Å². The summed E-state index contributed by atoms with van der Waals surface area (Å²) in [4.78, 5) is 7.04. The third kappa shape index (κ3) is 5.05. The molecule has 0 aromatic carbocycles. The minimum Gasteiger partial charge on any atom is -0.364 e. The largest absolute Gasteiger partial charge is 0.364 e. The highest BCUT2D eigenvalue weighted by atomic mass is 32.2. The van der Waals surface area contributed by atoms with E-state index < -0.39 is 0 Å². The van der Waals surface area contributed by atoms with Crippen LogP contribution in [0.4, 0.5) is 0 Å². The van der Waals surface area contributed by atoms with Crippen LogP contribution in [0.25, 0.3) is 0 Å². The average molecular weight is 268 g/mol. The van der Waals surface area contributed by atoms with Gasteiger partial charge in [0.05, 0.1) is 5.03 Å². The van der Waals surface area contributed by atoms with Gasteiger partial charge in [-0.2, -0.15) is 0 Å². The summed E-state index contributed by atoms with van der Waals surface area (Å²) in [6.07, 6.45) is 4.46. The second kappa shape index (κ2) is 7.88. The summed E-state index contributed by atoms with van der Waals surface area (Å²) < 4.78 is 0. The van der Waals surface area contributed by atoms with Gasteiger partial charge in [-0.3, -0.25) is 4.99 Å².